The highest BCUT2D eigenvalue weighted by Gasteiger charge is 2.29. The normalized spacial score (nSPS) is 15.0. The quantitative estimate of drug-likeness (QED) is 0.0528. The van der Waals surface area contributed by atoms with Crippen molar-refractivity contribution in [2.24, 2.45) is 0 Å². The molecule has 15 heteroatoms. The summed E-state index contributed by atoms with van der Waals surface area (Å²) in [6.45, 7) is 14.5. The molecule has 0 bridgehead atoms. The second-order valence-electron chi connectivity index (χ2n) is 12.6. The summed E-state index contributed by atoms with van der Waals surface area (Å²) in [5.74, 6) is -0.283. The lowest BCUT2D eigenvalue weighted by Crippen LogP contribution is -2.38. The maximum absolute atomic E-state index is 12.2. The molecule has 1 fully saturated rings. The average Bonchev–Trinajstić information content (AvgIpc) is 3.31. The summed E-state index contributed by atoms with van der Waals surface area (Å²) in [6, 6.07) is 0. The monoisotopic (exact) mass is 690 g/mol. The predicted molar refractivity (Wildman–Crippen MR) is 179 cm³/mol. The summed E-state index contributed by atoms with van der Waals surface area (Å²) in [7, 11) is 3.11. The highest BCUT2D eigenvalue weighted by molar-refractivity contribution is 8.77. The van der Waals surface area contributed by atoms with E-state index >= 15 is 0 Å². The Morgan fingerprint density at radius 1 is 0.826 bits per heavy atom. The second-order valence-corrected chi connectivity index (χ2v) is 15.7. The van der Waals surface area contributed by atoms with Gasteiger partial charge >= 0.3 is 0 Å². The van der Waals surface area contributed by atoms with Gasteiger partial charge in [-0.25, -0.2) is 0 Å². The van der Waals surface area contributed by atoms with Crippen LogP contribution in [-0.2, 0) is 43.0 Å². The molecule has 1 aliphatic heterocycles. The minimum absolute atomic E-state index is 0.0854. The van der Waals surface area contributed by atoms with Crippen LogP contribution in [0.4, 0.5) is 0 Å². The van der Waals surface area contributed by atoms with E-state index in [1.165, 1.54) is 0 Å². The van der Waals surface area contributed by atoms with Crippen LogP contribution in [0.1, 0.15) is 92.9 Å². The Hall–Kier alpha value is -2.36. The van der Waals surface area contributed by atoms with Crippen molar-refractivity contribution in [3.8, 4) is 0 Å². The van der Waals surface area contributed by atoms with E-state index in [1.54, 1.807) is 21.6 Å². The van der Waals surface area contributed by atoms with Crippen LogP contribution < -0.4 is 16.0 Å². The van der Waals surface area contributed by atoms with Crippen molar-refractivity contribution in [2.75, 3.05) is 51.8 Å². The molecule has 1 unspecified atom stereocenters. The minimum atomic E-state index is -0.505. The Balaban J connectivity index is 2.15. The largest absolute Gasteiger partial charge is 0.466 e. The summed E-state index contributed by atoms with van der Waals surface area (Å²) >= 11 is 0. The van der Waals surface area contributed by atoms with Gasteiger partial charge in [0.15, 0.2) is 0 Å². The van der Waals surface area contributed by atoms with Crippen LogP contribution >= 0.6 is 21.6 Å². The minimum Gasteiger partial charge on any atom is -0.466 e. The highest BCUT2D eigenvalue weighted by Crippen LogP contribution is 2.36. The number of carbonyl (C=O) groups excluding carboxylic acids is 6. The van der Waals surface area contributed by atoms with Crippen LogP contribution in [-0.4, -0.2) is 109 Å². The molecule has 0 radical (unpaired) electrons. The molecule has 3 N–H and O–H groups in total. The number of ether oxygens (including phenoxy) is 3. The Morgan fingerprint density at radius 2 is 1.41 bits per heavy atom. The first-order chi connectivity index (χ1) is 21.6. The zero-order valence-electron chi connectivity index (χ0n) is 28.3. The number of likely N-dealkylation sites (tertiary alicyclic amines) is 1. The van der Waals surface area contributed by atoms with E-state index in [2.05, 4.69) is 16.0 Å². The molecule has 13 nitrogen and oxygen atoms in total. The lowest BCUT2D eigenvalue weighted by Gasteiger charge is -2.32. The number of amides is 5. The van der Waals surface area contributed by atoms with Gasteiger partial charge in [0.1, 0.15) is 6.61 Å². The van der Waals surface area contributed by atoms with Crippen LogP contribution in [0.5, 0.6) is 0 Å². The summed E-state index contributed by atoms with van der Waals surface area (Å²) in [4.78, 5) is 71.3. The molecular formula is C31H54N4O9S2. The topological polar surface area (TPSA) is 169 Å². The molecule has 0 spiro atoms. The van der Waals surface area contributed by atoms with Gasteiger partial charge in [0.2, 0.25) is 29.5 Å². The van der Waals surface area contributed by atoms with Crippen molar-refractivity contribution in [3.05, 3.63) is 0 Å². The van der Waals surface area contributed by atoms with Crippen molar-refractivity contribution in [1.82, 2.24) is 20.9 Å². The molecule has 1 saturated heterocycles. The van der Waals surface area contributed by atoms with Crippen molar-refractivity contribution in [1.29, 1.82) is 0 Å². The van der Waals surface area contributed by atoms with Crippen molar-refractivity contribution >= 4 is 57.6 Å². The summed E-state index contributed by atoms with van der Waals surface area (Å²) in [5, 5.41) is 8.42. The standard InChI is InChI=1S/C31H54N4O9S2/c1-7-31(6,13-15-32-24(37)10-18-35-27(40)8-9-28(35)41)44-20-14-29(2,3)43-19-11-25(38)33-16-17-34-26(39)12-21-45-46-30(4,5)22-42-23-36/h23H,7-22H2,1-6H3,(H,32,37)(H,33,38)(H,34,39). The molecule has 1 heterocycles. The molecule has 0 aromatic rings. The maximum atomic E-state index is 12.2. The first-order valence-electron chi connectivity index (χ1n) is 15.9. The summed E-state index contributed by atoms with van der Waals surface area (Å²) < 4.78 is 16.7. The van der Waals surface area contributed by atoms with Gasteiger partial charge in [0.05, 0.1) is 29.2 Å². The third kappa shape index (κ3) is 18.7. The fourth-order valence-electron chi connectivity index (χ4n) is 4.20. The molecule has 0 aromatic carbocycles. The van der Waals surface area contributed by atoms with Gasteiger partial charge in [-0.2, -0.15) is 0 Å². The Kier molecular flexibility index (Phi) is 19.5. The first-order valence-corrected chi connectivity index (χ1v) is 18.2. The van der Waals surface area contributed by atoms with E-state index in [1.807, 2.05) is 41.5 Å². The van der Waals surface area contributed by atoms with E-state index in [-0.39, 0.29) is 73.1 Å². The molecule has 264 valence electrons. The Morgan fingerprint density at radius 3 is 2.02 bits per heavy atom. The van der Waals surface area contributed by atoms with Gasteiger partial charge in [-0.1, -0.05) is 28.5 Å². The van der Waals surface area contributed by atoms with E-state index in [9.17, 15) is 28.8 Å². The van der Waals surface area contributed by atoms with E-state index in [0.717, 1.165) is 11.3 Å². The fourth-order valence-corrected chi connectivity index (χ4v) is 6.59. The predicted octanol–water partition coefficient (Wildman–Crippen LogP) is 2.75. The highest BCUT2D eigenvalue weighted by atomic mass is 33.1. The lowest BCUT2D eigenvalue weighted by atomic mass is 9.98. The fraction of sp³-hybridized carbons (Fsp3) is 0.806. The van der Waals surface area contributed by atoms with Gasteiger partial charge in [-0.3, -0.25) is 33.7 Å². The SMILES string of the molecule is CCC(C)(CCNC(=O)CCN1C(=O)CCC1=O)OCCC(C)(C)OCCC(=O)NCCNC(=O)CCSSC(C)(C)COC=O. The average molecular weight is 691 g/mol. The van der Waals surface area contributed by atoms with Crippen LogP contribution in [0.15, 0.2) is 0 Å². The molecule has 1 aliphatic rings. The number of rotatable bonds is 26. The van der Waals surface area contributed by atoms with Gasteiger partial charge in [0, 0.05) is 64.0 Å². The van der Waals surface area contributed by atoms with E-state index in [0.29, 0.717) is 64.3 Å². The molecule has 46 heavy (non-hydrogen) atoms. The van der Waals surface area contributed by atoms with Crippen molar-refractivity contribution in [2.45, 2.75) is 109 Å². The molecule has 1 atom stereocenters. The maximum Gasteiger partial charge on any atom is 0.293 e. The molecular weight excluding hydrogens is 636 g/mol. The number of nitrogens with one attached hydrogen (secondary N) is 3. The number of imide groups is 1. The third-order valence-electron chi connectivity index (χ3n) is 7.38. The first kappa shape index (κ1) is 41.7. The van der Waals surface area contributed by atoms with Crippen LogP contribution in [0.2, 0.25) is 0 Å². The molecule has 5 amide bonds. The van der Waals surface area contributed by atoms with Crippen LogP contribution in [0.3, 0.4) is 0 Å². The van der Waals surface area contributed by atoms with Gasteiger partial charge in [-0.15, -0.1) is 0 Å². The second kappa shape index (κ2) is 21.5. The third-order valence-corrected chi connectivity index (χ3v) is 10.6. The Bertz CT molecular complexity index is 996. The number of carbonyl (C=O) groups is 6. The van der Waals surface area contributed by atoms with Gasteiger partial charge < -0.3 is 30.2 Å². The smallest absolute Gasteiger partial charge is 0.293 e. The van der Waals surface area contributed by atoms with Crippen molar-refractivity contribution < 1.29 is 43.0 Å². The zero-order valence-corrected chi connectivity index (χ0v) is 30.0. The van der Waals surface area contributed by atoms with Crippen molar-refractivity contribution in [3.63, 3.8) is 0 Å². The molecule has 1 rings (SSSR count). The number of hydrogen-bond acceptors (Lipinski definition) is 11. The molecule has 0 aromatic heterocycles. The zero-order chi connectivity index (χ0) is 34.6. The molecule has 0 aliphatic carbocycles. The molecule has 0 saturated carbocycles. The van der Waals surface area contributed by atoms with Gasteiger partial charge in [0.25, 0.3) is 6.47 Å². The number of nitrogens with zero attached hydrogens (tertiary/aromatic N) is 1. The summed E-state index contributed by atoms with van der Waals surface area (Å²) in [5.41, 5.74) is -0.948. The summed E-state index contributed by atoms with van der Waals surface area (Å²) in [6.07, 6.45) is 3.03. The van der Waals surface area contributed by atoms with E-state index < -0.39 is 11.2 Å². The number of hydrogen-bond donors (Lipinski definition) is 3. The van der Waals surface area contributed by atoms with Crippen LogP contribution in [0.25, 0.3) is 0 Å². The lowest BCUT2D eigenvalue weighted by molar-refractivity contribution is -0.139. The Labute approximate surface area is 281 Å². The van der Waals surface area contributed by atoms with Crippen LogP contribution in [0, 0.1) is 0 Å². The van der Waals surface area contributed by atoms with E-state index in [4.69, 9.17) is 14.2 Å². The van der Waals surface area contributed by atoms with Gasteiger partial charge in [-0.05, 0) is 53.9 Å².